The van der Waals surface area contributed by atoms with Crippen LogP contribution < -0.4 is 10.2 Å². The molecule has 1 N–H and O–H groups in total. The zero-order valence-electron chi connectivity index (χ0n) is 14.6. The van der Waals surface area contributed by atoms with Crippen LogP contribution in [0.3, 0.4) is 0 Å². The molecular weight excluding hydrogens is 364 g/mol. The number of nitrogens with one attached hydrogen (secondary N) is 1. The van der Waals surface area contributed by atoms with Gasteiger partial charge in [-0.2, -0.15) is 0 Å². The van der Waals surface area contributed by atoms with Gasteiger partial charge in [-0.15, -0.1) is 22.7 Å². The van der Waals surface area contributed by atoms with Crippen LogP contribution >= 0.6 is 22.7 Å². The number of carbonyl (C=O) groups is 1. The van der Waals surface area contributed by atoms with Gasteiger partial charge in [0.25, 0.3) is 5.91 Å². The summed E-state index contributed by atoms with van der Waals surface area (Å²) in [5, 5.41) is 6.17. The van der Waals surface area contributed by atoms with Crippen molar-refractivity contribution in [3.05, 3.63) is 51.3 Å². The molecule has 0 unspecified atom stereocenters. The fourth-order valence-electron chi connectivity index (χ4n) is 3.10. The standard InChI is InChI=1S/C19H20N4OS2/c1-13-22-16(12-25-13)17-7-6-14(26-17)11-21-19(24)15-5-4-8-20-18(15)23-9-2-3-10-23/h4-8,12H,2-3,9-11H2,1H3,(H,21,24). The zero-order valence-corrected chi connectivity index (χ0v) is 16.2. The Balaban J connectivity index is 1.44. The molecular formula is C19H20N4OS2. The number of anilines is 1. The van der Waals surface area contributed by atoms with E-state index in [0.717, 1.165) is 52.2 Å². The van der Waals surface area contributed by atoms with E-state index < -0.39 is 0 Å². The van der Waals surface area contributed by atoms with Gasteiger partial charge in [0.15, 0.2) is 0 Å². The van der Waals surface area contributed by atoms with Gasteiger partial charge in [0.05, 0.1) is 27.7 Å². The number of carbonyl (C=O) groups excluding carboxylic acids is 1. The summed E-state index contributed by atoms with van der Waals surface area (Å²) in [6.07, 6.45) is 4.07. The Bertz CT molecular complexity index is 912. The highest BCUT2D eigenvalue weighted by Crippen LogP contribution is 2.29. The van der Waals surface area contributed by atoms with Crippen molar-refractivity contribution in [1.29, 1.82) is 0 Å². The van der Waals surface area contributed by atoms with Crippen LogP contribution in [0, 0.1) is 6.92 Å². The average molecular weight is 385 g/mol. The summed E-state index contributed by atoms with van der Waals surface area (Å²) < 4.78 is 0. The molecule has 1 saturated heterocycles. The minimum atomic E-state index is -0.0700. The Morgan fingerprint density at radius 3 is 2.88 bits per heavy atom. The average Bonchev–Trinajstić information content (AvgIpc) is 3.41. The van der Waals surface area contributed by atoms with Crippen LogP contribution in [0.1, 0.15) is 33.1 Å². The maximum atomic E-state index is 12.7. The SMILES string of the molecule is Cc1nc(-c2ccc(CNC(=O)c3cccnc3N3CCCC3)s2)cs1. The van der Waals surface area contributed by atoms with Crippen LogP contribution in [0.5, 0.6) is 0 Å². The molecule has 0 radical (unpaired) electrons. The highest BCUT2D eigenvalue weighted by atomic mass is 32.1. The van der Waals surface area contributed by atoms with Crippen molar-refractivity contribution in [3.8, 4) is 10.6 Å². The Hall–Kier alpha value is -2.25. The first-order valence-electron chi connectivity index (χ1n) is 8.70. The molecule has 4 rings (SSSR count). The lowest BCUT2D eigenvalue weighted by Crippen LogP contribution is -2.27. The summed E-state index contributed by atoms with van der Waals surface area (Å²) in [6.45, 7) is 4.47. The van der Waals surface area contributed by atoms with Crippen molar-refractivity contribution in [2.24, 2.45) is 0 Å². The molecule has 0 atom stereocenters. The summed E-state index contributed by atoms with van der Waals surface area (Å²) in [4.78, 5) is 26.1. The second-order valence-corrected chi connectivity index (χ2v) is 8.50. The van der Waals surface area contributed by atoms with Gasteiger partial charge in [-0.05, 0) is 44.0 Å². The lowest BCUT2D eigenvalue weighted by molar-refractivity contribution is 0.0951. The third kappa shape index (κ3) is 3.64. The van der Waals surface area contributed by atoms with Gasteiger partial charge < -0.3 is 10.2 Å². The number of hydrogen-bond donors (Lipinski definition) is 1. The highest BCUT2D eigenvalue weighted by molar-refractivity contribution is 7.16. The minimum absolute atomic E-state index is 0.0700. The van der Waals surface area contributed by atoms with E-state index >= 15 is 0 Å². The number of nitrogens with zero attached hydrogens (tertiary/aromatic N) is 3. The molecule has 3 aromatic heterocycles. The molecule has 4 heterocycles. The predicted molar refractivity (Wildman–Crippen MR) is 107 cm³/mol. The third-order valence-electron chi connectivity index (χ3n) is 4.39. The van der Waals surface area contributed by atoms with Gasteiger partial charge in [0.2, 0.25) is 0 Å². The van der Waals surface area contributed by atoms with Crippen LogP contribution in [0.25, 0.3) is 10.6 Å². The van der Waals surface area contributed by atoms with Gasteiger partial charge in [-0.25, -0.2) is 9.97 Å². The fraction of sp³-hybridized carbons (Fsp3) is 0.316. The number of pyridine rings is 1. The number of thiazole rings is 1. The maximum Gasteiger partial charge on any atom is 0.255 e. The summed E-state index contributed by atoms with van der Waals surface area (Å²) in [6, 6.07) is 7.80. The molecule has 1 fully saturated rings. The molecule has 7 heteroatoms. The first-order chi connectivity index (χ1) is 12.7. The van der Waals surface area contributed by atoms with Gasteiger partial charge in [0.1, 0.15) is 5.82 Å². The van der Waals surface area contributed by atoms with E-state index in [0.29, 0.717) is 12.1 Å². The number of thiophene rings is 1. The molecule has 0 aliphatic carbocycles. The second kappa shape index (κ2) is 7.55. The first-order valence-corrected chi connectivity index (χ1v) is 10.4. The largest absolute Gasteiger partial charge is 0.356 e. The van der Waals surface area contributed by atoms with Crippen LogP contribution in [0.4, 0.5) is 5.82 Å². The van der Waals surface area contributed by atoms with E-state index in [2.05, 4.69) is 37.7 Å². The molecule has 1 aliphatic heterocycles. The molecule has 1 aliphatic rings. The summed E-state index contributed by atoms with van der Waals surface area (Å²) in [5.74, 6) is 0.728. The van der Waals surface area contributed by atoms with E-state index in [-0.39, 0.29) is 5.91 Å². The molecule has 26 heavy (non-hydrogen) atoms. The van der Waals surface area contributed by atoms with Crippen LogP contribution in [0.15, 0.2) is 35.8 Å². The molecule has 5 nitrogen and oxygen atoms in total. The number of aromatic nitrogens is 2. The second-order valence-electron chi connectivity index (χ2n) is 6.27. The zero-order chi connectivity index (χ0) is 17.9. The lowest BCUT2D eigenvalue weighted by atomic mass is 10.2. The molecule has 3 aromatic rings. The summed E-state index contributed by atoms with van der Waals surface area (Å²) in [5.41, 5.74) is 1.67. The maximum absolute atomic E-state index is 12.7. The molecule has 0 saturated carbocycles. The Morgan fingerprint density at radius 1 is 1.27 bits per heavy atom. The number of rotatable bonds is 5. The first kappa shape index (κ1) is 17.2. The van der Waals surface area contributed by atoms with Crippen LogP contribution in [-0.4, -0.2) is 29.0 Å². The smallest absolute Gasteiger partial charge is 0.255 e. The highest BCUT2D eigenvalue weighted by Gasteiger charge is 2.20. The quantitative estimate of drug-likeness (QED) is 0.719. The molecule has 0 bridgehead atoms. The van der Waals surface area contributed by atoms with Crippen molar-refractivity contribution in [2.75, 3.05) is 18.0 Å². The van der Waals surface area contributed by atoms with Crippen molar-refractivity contribution < 1.29 is 4.79 Å². The monoisotopic (exact) mass is 384 g/mol. The molecule has 134 valence electrons. The minimum Gasteiger partial charge on any atom is -0.356 e. The summed E-state index contributed by atoms with van der Waals surface area (Å²) in [7, 11) is 0. The van der Waals surface area contributed by atoms with Crippen molar-refractivity contribution in [2.45, 2.75) is 26.3 Å². The van der Waals surface area contributed by atoms with Gasteiger partial charge in [-0.3, -0.25) is 4.79 Å². The Kier molecular flexibility index (Phi) is 4.99. The molecule has 0 aromatic carbocycles. The van der Waals surface area contributed by atoms with Crippen LogP contribution in [-0.2, 0) is 6.54 Å². The van der Waals surface area contributed by atoms with Gasteiger partial charge in [-0.1, -0.05) is 0 Å². The summed E-state index contributed by atoms with van der Waals surface area (Å²) >= 11 is 3.32. The lowest BCUT2D eigenvalue weighted by Gasteiger charge is -2.19. The molecule has 1 amide bonds. The Morgan fingerprint density at radius 2 is 2.12 bits per heavy atom. The number of amides is 1. The predicted octanol–water partition coefficient (Wildman–Crippen LogP) is 4.11. The number of hydrogen-bond acceptors (Lipinski definition) is 6. The van der Waals surface area contributed by atoms with E-state index in [1.54, 1.807) is 28.9 Å². The Labute approximate surface area is 160 Å². The fourth-order valence-corrected chi connectivity index (χ4v) is 4.70. The normalized spacial score (nSPS) is 14.0. The van der Waals surface area contributed by atoms with Crippen molar-refractivity contribution in [3.63, 3.8) is 0 Å². The van der Waals surface area contributed by atoms with E-state index in [9.17, 15) is 4.79 Å². The van der Waals surface area contributed by atoms with E-state index in [4.69, 9.17) is 0 Å². The van der Waals surface area contributed by atoms with Crippen molar-refractivity contribution in [1.82, 2.24) is 15.3 Å². The van der Waals surface area contributed by atoms with E-state index in [1.807, 2.05) is 19.1 Å². The van der Waals surface area contributed by atoms with Crippen LogP contribution in [0.2, 0.25) is 0 Å². The topological polar surface area (TPSA) is 58.1 Å². The number of aryl methyl sites for hydroxylation is 1. The van der Waals surface area contributed by atoms with Crippen molar-refractivity contribution >= 4 is 34.4 Å². The molecule has 0 spiro atoms. The van der Waals surface area contributed by atoms with Gasteiger partial charge >= 0.3 is 0 Å². The van der Waals surface area contributed by atoms with Gasteiger partial charge in [0, 0.05) is 29.5 Å². The van der Waals surface area contributed by atoms with E-state index in [1.165, 1.54) is 0 Å². The third-order valence-corrected chi connectivity index (χ3v) is 6.27.